The first-order valence-electron chi connectivity index (χ1n) is 7.92. The van der Waals surface area contributed by atoms with Crippen LogP contribution in [0.5, 0.6) is 0 Å². The zero-order valence-electron chi connectivity index (χ0n) is 14.7. The molecule has 4 rings (SSSR count). The van der Waals surface area contributed by atoms with E-state index in [1.54, 1.807) is 0 Å². The SMILES string of the molecule is CCO[Si](C1C=Cc2ccccc21)C1C=Cc2ccccc21.[H-].[Na+]. The minimum Gasteiger partial charge on any atom is -1.00 e. The van der Waals surface area contributed by atoms with Crippen LogP contribution < -0.4 is 29.6 Å². The van der Waals surface area contributed by atoms with Crippen molar-refractivity contribution < 1.29 is 35.4 Å². The minimum atomic E-state index is -1.05. The number of hydrogen-bond donors (Lipinski definition) is 0. The maximum absolute atomic E-state index is 6.32. The third-order valence-corrected chi connectivity index (χ3v) is 7.38. The monoisotopic (exact) mass is 327 g/mol. The van der Waals surface area contributed by atoms with Gasteiger partial charge in [-0.2, -0.15) is 0 Å². The van der Waals surface area contributed by atoms with Crippen LogP contribution in [0.25, 0.3) is 12.2 Å². The molecule has 0 N–H and O–H groups in total. The van der Waals surface area contributed by atoms with Gasteiger partial charge in [-0.3, -0.25) is 0 Å². The Labute approximate surface area is 163 Å². The predicted octanol–water partition coefficient (Wildman–Crippen LogP) is 1.83. The number of allylic oxidation sites excluding steroid dienone is 2. The Balaban J connectivity index is 0.00000104. The molecule has 0 fully saturated rings. The van der Waals surface area contributed by atoms with Crippen molar-refractivity contribution in [2.75, 3.05) is 6.61 Å². The smallest absolute Gasteiger partial charge is 1.00 e. The van der Waals surface area contributed by atoms with Gasteiger partial charge in [0.15, 0.2) is 0 Å². The molecule has 0 aromatic heterocycles. The van der Waals surface area contributed by atoms with E-state index >= 15 is 0 Å². The molecule has 1 radical (unpaired) electrons. The second-order valence-electron chi connectivity index (χ2n) is 5.77. The zero-order chi connectivity index (χ0) is 14.9. The Morgan fingerprint density at radius 2 is 1.35 bits per heavy atom. The molecule has 111 valence electrons. The van der Waals surface area contributed by atoms with Crippen molar-refractivity contribution in [2.24, 2.45) is 0 Å². The molecule has 0 saturated heterocycles. The molecule has 0 amide bonds. The third-order valence-electron chi connectivity index (χ3n) is 4.52. The van der Waals surface area contributed by atoms with E-state index in [-0.39, 0.29) is 31.0 Å². The normalized spacial score (nSPS) is 20.4. The molecule has 2 aromatic rings. The van der Waals surface area contributed by atoms with E-state index in [1.807, 2.05) is 0 Å². The fraction of sp³-hybridized carbons (Fsp3) is 0.200. The van der Waals surface area contributed by atoms with E-state index in [0.717, 1.165) is 6.61 Å². The fourth-order valence-electron chi connectivity index (χ4n) is 3.53. The molecular weight excluding hydrogens is 307 g/mol. The van der Waals surface area contributed by atoms with Gasteiger partial charge in [-0.15, -0.1) is 0 Å². The van der Waals surface area contributed by atoms with Crippen LogP contribution in [0.15, 0.2) is 60.7 Å². The van der Waals surface area contributed by atoms with Gasteiger partial charge in [0.1, 0.15) is 0 Å². The van der Waals surface area contributed by atoms with Crippen molar-refractivity contribution in [3.05, 3.63) is 82.9 Å². The van der Waals surface area contributed by atoms with Gasteiger partial charge >= 0.3 is 29.6 Å². The molecule has 0 spiro atoms. The second kappa shape index (κ2) is 7.33. The number of rotatable bonds is 4. The fourth-order valence-corrected chi connectivity index (χ4v) is 6.32. The summed E-state index contributed by atoms with van der Waals surface area (Å²) in [4.78, 5) is 0. The first-order chi connectivity index (χ1) is 10.9. The van der Waals surface area contributed by atoms with E-state index in [9.17, 15) is 0 Å². The van der Waals surface area contributed by atoms with Crippen LogP contribution in [0.1, 0.15) is 41.7 Å². The van der Waals surface area contributed by atoms with Gasteiger partial charge in [0.05, 0.1) is 0 Å². The van der Waals surface area contributed by atoms with Gasteiger partial charge in [0.2, 0.25) is 9.04 Å². The van der Waals surface area contributed by atoms with Gasteiger partial charge in [-0.05, 0) is 29.2 Å². The summed E-state index contributed by atoms with van der Waals surface area (Å²) < 4.78 is 6.32. The average molecular weight is 327 g/mol. The van der Waals surface area contributed by atoms with Crippen molar-refractivity contribution in [3.8, 4) is 0 Å². The molecule has 2 atom stereocenters. The molecule has 2 aliphatic carbocycles. The standard InChI is InChI=1S/C20H19OSi.Na.H/c1-2-21-22(19-13-11-15-7-3-5-9-17(15)19)20-14-12-16-8-4-6-10-18(16)20;;/h3-14,19-20H,2H2,1H3;;/q;+1;-1. The quantitative estimate of drug-likeness (QED) is 0.779. The van der Waals surface area contributed by atoms with Crippen molar-refractivity contribution >= 4 is 21.2 Å². The zero-order valence-corrected chi connectivity index (χ0v) is 16.7. The number of fused-ring (bicyclic) bond motifs is 2. The molecule has 1 nitrogen and oxygen atoms in total. The summed E-state index contributed by atoms with van der Waals surface area (Å²) in [6.07, 6.45) is 9.22. The largest absolute Gasteiger partial charge is 1.00 e. The summed E-state index contributed by atoms with van der Waals surface area (Å²) in [6, 6.07) is 17.4. The van der Waals surface area contributed by atoms with Crippen LogP contribution in [0.3, 0.4) is 0 Å². The van der Waals surface area contributed by atoms with Crippen molar-refractivity contribution in [3.63, 3.8) is 0 Å². The van der Waals surface area contributed by atoms with Crippen LogP contribution in [-0.4, -0.2) is 15.6 Å². The van der Waals surface area contributed by atoms with Gasteiger partial charge in [-0.25, -0.2) is 0 Å². The van der Waals surface area contributed by atoms with Crippen LogP contribution in [0, 0.1) is 0 Å². The Kier molecular flexibility index (Phi) is 5.40. The van der Waals surface area contributed by atoms with Crippen molar-refractivity contribution in [1.82, 2.24) is 0 Å². The van der Waals surface area contributed by atoms with Gasteiger partial charge in [0, 0.05) is 17.7 Å². The first kappa shape index (κ1) is 16.9. The van der Waals surface area contributed by atoms with Gasteiger partial charge in [0.25, 0.3) is 0 Å². The summed E-state index contributed by atoms with van der Waals surface area (Å²) >= 11 is 0. The van der Waals surface area contributed by atoms with E-state index in [4.69, 9.17) is 4.43 Å². The summed E-state index contributed by atoms with van der Waals surface area (Å²) in [5.41, 5.74) is 6.43. The Hall–Kier alpha value is -0.903. The van der Waals surface area contributed by atoms with Gasteiger partial charge < -0.3 is 5.85 Å². The third kappa shape index (κ3) is 3.07. The maximum atomic E-state index is 6.32. The van der Waals surface area contributed by atoms with E-state index in [0.29, 0.717) is 11.1 Å². The van der Waals surface area contributed by atoms with Crippen LogP contribution in [0.2, 0.25) is 0 Å². The molecule has 0 saturated carbocycles. The van der Waals surface area contributed by atoms with E-state index in [1.165, 1.54) is 22.3 Å². The molecule has 2 unspecified atom stereocenters. The Morgan fingerprint density at radius 3 is 1.83 bits per heavy atom. The van der Waals surface area contributed by atoms with Crippen molar-refractivity contribution in [2.45, 2.75) is 18.0 Å². The second-order valence-corrected chi connectivity index (χ2v) is 8.10. The number of hydrogen-bond acceptors (Lipinski definition) is 1. The van der Waals surface area contributed by atoms with Crippen LogP contribution in [-0.2, 0) is 4.43 Å². The van der Waals surface area contributed by atoms with Crippen molar-refractivity contribution in [1.29, 1.82) is 0 Å². The molecule has 2 aliphatic rings. The molecule has 23 heavy (non-hydrogen) atoms. The summed E-state index contributed by atoms with van der Waals surface area (Å²) in [7, 11) is -1.05. The topological polar surface area (TPSA) is 9.23 Å². The predicted molar refractivity (Wildman–Crippen MR) is 94.9 cm³/mol. The Morgan fingerprint density at radius 1 is 0.870 bits per heavy atom. The first-order valence-corrected chi connectivity index (χ1v) is 9.48. The van der Waals surface area contributed by atoms with Gasteiger partial charge in [-0.1, -0.05) is 72.8 Å². The molecule has 0 heterocycles. The molecular formula is C20H20NaOSi. The molecule has 3 heteroatoms. The van der Waals surface area contributed by atoms with E-state index < -0.39 is 9.04 Å². The summed E-state index contributed by atoms with van der Waals surface area (Å²) in [5.74, 6) is 0. The minimum absolute atomic E-state index is 0. The molecule has 0 aliphatic heterocycles. The average Bonchev–Trinajstić information content (AvgIpc) is 3.17. The Bertz CT molecular complexity index is 697. The van der Waals surface area contributed by atoms with Crippen LogP contribution in [0.4, 0.5) is 0 Å². The van der Waals surface area contributed by atoms with Crippen LogP contribution >= 0.6 is 0 Å². The number of benzene rings is 2. The summed E-state index contributed by atoms with van der Waals surface area (Å²) in [6.45, 7) is 2.90. The molecule has 0 bridgehead atoms. The maximum Gasteiger partial charge on any atom is 1.00 e. The summed E-state index contributed by atoms with van der Waals surface area (Å²) in [5, 5.41) is 0. The van der Waals surface area contributed by atoms with E-state index in [2.05, 4.69) is 79.8 Å². The molecule has 2 aromatic carbocycles.